The van der Waals surface area contributed by atoms with Gasteiger partial charge in [0.15, 0.2) is 11.6 Å². The summed E-state index contributed by atoms with van der Waals surface area (Å²) in [4.78, 5) is 125. The van der Waals surface area contributed by atoms with E-state index in [1.807, 2.05) is 46.4 Å². The van der Waals surface area contributed by atoms with Crippen LogP contribution in [0.5, 0.6) is 5.75 Å². The minimum Gasteiger partial charge on any atom is -0.420 e. The third kappa shape index (κ3) is 21.9. The van der Waals surface area contributed by atoms with Gasteiger partial charge < -0.3 is 56.3 Å². The minimum atomic E-state index is -4.57. The van der Waals surface area contributed by atoms with Gasteiger partial charge in [0.1, 0.15) is 18.1 Å². The number of likely N-dealkylation sites (tertiary alicyclic amines) is 1. The van der Waals surface area contributed by atoms with E-state index in [4.69, 9.17) is 15.2 Å². The summed E-state index contributed by atoms with van der Waals surface area (Å²) in [5.41, 5.74) is 5.26. The Morgan fingerprint density at radius 2 is 1.34 bits per heavy atom. The normalized spacial score (nSPS) is 16.5. The third-order valence-corrected chi connectivity index (χ3v) is 17.2. The Morgan fingerprint density at radius 3 is 1.87 bits per heavy atom. The second kappa shape index (κ2) is 35.4. The van der Waals surface area contributed by atoms with Crippen LogP contribution in [0.25, 0.3) is 0 Å². The van der Waals surface area contributed by atoms with Gasteiger partial charge in [-0.05, 0) is 101 Å². The Morgan fingerprint density at radius 1 is 0.742 bits per heavy atom. The summed E-state index contributed by atoms with van der Waals surface area (Å²) in [5, 5.41) is 13.1. The van der Waals surface area contributed by atoms with E-state index in [9.17, 15) is 69.1 Å². The number of ether oxygens (including phenoxy) is 3. The van der Waals surface area contributed by atoms with Crippen molar-refractivity contribution in [1.82, 2.24) is 40.7 Å². The molecule has 1 saturated heterocycles. The number of anilines is 1. The van der Waals surface area contributed by atoms with E-state index in [1.165, 1.54) is 33.3 Å². The number of nitrogens with zero attached hydrogens (tertiary/aromatic N) is 3. The number of carbonyl (C=O) groups is 9. The third-order valence-electron chi connectivity index (χ3n) is 15.8. The van der Waals surface area contributed by atoms with Crippen LogP contribution >= 0.6 is 0 Å². The highest BCUT2D eigenvalue weighted by Crippen LogP contribution is 2.31. The topological polar surface area (TPSA) is 323 Å². The number of urea groups is 1. The van der Waals surface area contributed by atoms with Gasteiger partial charge in [0.2, 0.25) is 58.7 Å². The van der Waals surface area contributed by atoms with E-state index in [2.05, 4.69) is 36.0 Å². The van der Waals surface area contributed by atoms with Gasteiger partial charge in [-0.25, -0.2) is 26.7 Å². The molecule has 1 heterocycles. The second-order valence-electron chi connectivity index (χ2n) is 23.7. The molecule has 0 aromatic heterocycles. The number of halogens is 4. The van der Waals surface area contributed by atoms with Crippen molar-refractivity contribution in [2.45, 2.75) is 180 Å². The SMILES string of the molecule is CC[C@H](C)[C@@H]([C@@H](CC(=O)N1CCC[C@H]1[C@H](OC)[C@@H](C)C(=O)NS(=O)(=O)c1ccc(NC(=O)[C@H](CCCNC(N)=O)NC(=O)[C@@H](NC(=O)CCCCC(=O)Oc2c(F)c(F)cc(F)c2F)C(C)C)cc1)OC)N(C)C(=O)[C@@H](NC(=O)[C@H](C(C)C)N(C)C)C(C)C. The molecule has 1 fully saturated rings. The van der Waals surface area contributed by atoms with Crippen LogP contribution in [0, 0.1) is 52.9 Å². The van der Waals surface area contributed by atoms with Gasteiger partial charge in [-0.3, -0.25) is 43.3 Å². The molecule has 0 aliphatic carbocycles. The van der Waals surface area contributed by atoms with Crippen molar-refractivity contribution >= 4 is 69.1 Å². The zero-order valence-electron chi connectivity index (χ0n) is 53.4. The number of sulfonamides is 1. The summed E-state index contributed by atoms with van der Waals surface area (Å²) < 4.78 is 101. The average Bonchev–Trinajstić information content (AvgIpc) is 2.22. The van der Waals surface area contributed by atoms with Crippen LogP contribution in [0.4, 0.5) is 28.0 Å². The molecular formula is C60H92F4N10O14S. The van der Waals surface area contributed by atoms with Crippen molar-refractivity contribution in [1.29, 1.82) is 0 Å². The van der Waals surface area contributed by atoms with Crippen LogP contribution in [0.2, 0.25) is 0 Å². The van der Waals surface area contributed by atoms with Gasteiger partial charge >= 0.3 is 12.0 Å². The van der Waals surface area contributed by atoms with Crippen molar-refractivity contribution in [3.8, 4) is 5.75 Å². The fraction of sp³-hybridized carbons (Fsp3) is 0.650. The lowest BCUT2D eigenvalue weighted by molar-refractivity contribution is -0.148. The number of likely N-dealkylation sites (N-methyl/N-ethyl adjacent to an activating group) is 2. The number of hydrogen-bond donors (Lipinski definition) is 7. The first-order chi connectivity index (χ1) is 41.6. The Bertz CT molecular complexity index is 2850. The smallest absolute Gasteiger partial charge is 0.312 e. The number of nitrogens with one attached hydrogen (secondary N) is 6. The second-order valence-corrected chi connectivity index (χ2v) is 25.4. The fourth-order valence-corrected chi connectivity index (χ4v) is 11.9. The molecule has 500 valence electrons. The molecule has 24 nitrogen and oxygen atoms in total. The molecule has 0 spiro atoms. The van der Waals surface area contributed by atoms with Gasteiger partial charge in [-0.1, -0.05) is 68.7 Å². The number of unbranched alkanes of at least 4 members (excludes halogenated alkanes) is 1. The number of methoxy groups -OCH3 is 2. The molecule has 10 atom stereocenters. The number of primary amides is 1. The largest absolute Gasteiger partial charge is 0.420 e. The number of benzene rings is 2. The lowest BCUT2D eigenvalue weighted by atomic mass is 9.89. The van der Waals surface area contributed by atoms with Gasteiger partial charge in [0.05, 0.1) is 47.6 Å². The fourth-order valence-electron chi connectivity index (χ4n) is 10.8. The van der Waals surface area contributed by atoms with Crippen molar-refractivity contribution < 1.29 is 83.3 Å². The summed E-state index contributed by atoms with van der Waals surface area (Å²) in [6, 6.07) is -1.29. The van der Waals surface area contributed by atoms with Gasteiger partial charge in [-0.15, -0.1) is 0 Å². The minimum absolute atomic E-state index is 0.000946. The summed E-state index contributed by atoms with van der Waals surface area (Å²) in [7, 11) is 3.50. The summed E-state index contributed by atoms with van der Waals surface area (Å²) in [6.07, 6.45) is -1.10. The van der Waals surface area contributed by atoms with Crippen LogP contribution < -0.4 is 41.8 Å². The van der Waals surface area contributed by atoms with Crippen LogP contribution in [-0.4, -0.2) is 173 Å². The molecule has 89 heavy (non-hydrogen) atoms. The van der Waals surface area contributed by atoms with Crippen LogP contribution in [0.1, 0.15) is 127 Å². The lowest BCUT2D eigenvalue weighted by Crippen LogP contribution is -2.59. The van der Waals surface area contributed by atoms with E-state index < -0.39 is 141 Å². The molecule has 1 aliphatic rings. The monoisotopic (exact) mass is 1280 g/mol. The maximum atomic E-state index is 14.4. The number of nitrogens with two attached hydrogens (primary N) is 1. The molecule has 0 bridgehead atoms. The first kappa shape index (κ1) is 76.3. The average molecular weight is 1290 g/mol. The molecule has 0 unspecified atom stereocenters. The Labute approximate surface area is 519 Å². The van der Waals surface area contributed by atoms with E-state index in [1.54, 1.807) is 44.8 Å². The Hall–Kier alpha value is -6.98. The number of esters is 1. The van der Waals surface area contributed by atoms with Crippen LogP contribution in [0.3, 0.4) is 0 Å². The summed E-state index contributed by atoms with van der Waals surface area (Å²) in [6.45, 7) is 16.5. The molecular weight excluding hydrogens is 1190 g/mol. The van der Waals surface area contributed by atoms with E-state index in [0.29, 0.717) is 25.8 Å². The molecule has 0 radical (unpaired) electrons. The van der Waals surface area contributed by atoms with Crippen LogP contribution in [0.15, 0.2) is 35.2 Å². The Balaban J connectivity index is 1.71. The summed E-state index contributed by atoms with van der Waals surface area (Å²) >= 11 is 0. The highest BCUT2D eigenvalue weighted by Gasteiger charge is 2.44. The van der Waals surface area contributed by atoms with Crippen molar-refractivity contribution in [3.63, 3.8) is 0 Å². The maximum absolute atomic E-state index is 14.4. The number of carbonyl (C=O) groups excluding carboxylic acids is 9. The van der Waals surface area contributed by atoms with Crippen molar-refractivity contribution in [2.24, 2.45) is 35.3 Å². The zero-order chi connectivity index (χ0) is 67.4. The highest BCUT2D eigenvalue weighted by atomic mass is 32.2. The molecule has 3 rings (SSSR count). The predicted octanol–water partition coefficient (Wildman–Crippen LogP) is 4.87. The number of hydrogen-bond acceptors (Lipinski definition) is 15. The number of rotatable bonds is 35. The van der Waals surface area contributed by atoms with E-state index >= 15 is 0 Å². The van der Waals surface area contributed by atoms with Crippen molar-refractivity contribution in [2.75, 3.05) is 53.8 Å². The highest BCUT2D eigenvalue weighted by molar-refractivity contribution is 7.90. The predicted molar refractivity (Wildman–Crippen MR) is 322 cm³/mol. The summed E-state index contributed by atoms with van der Waals surface area (Å²) in [5.74, 6) is -16.4. The lowest BCUT2D eigenvalue weighted by Gasteiger charge is -2.41. The number of amides is 9. The molecule has 0 saturated carbocycles. The van der Waals surface area contributed by atoms with Gasteiger partial charge in [0.25, 0.3) is 10.0 Å². The first-order valence-electron chi connectivity index (χ1n) is 29.9. The molecule has 8 N–H and O–H groups in total. The van der Waals surface area contributed by atoms with E-state index in [0.717, 1.165) is 12.1 Å². The molecule has 2 aromatic carbocycles. The van der Waals surface area contributed by atoms with Crippen molar-refractivity contribution in [3.05, 3.63) is 53.6 Å². The Kier molecular flexibility index (Phi) is 30.4. The molecule has 2 aromatic rings. The standard InChI is InChI=1S/C60H92F4N10O14S/c1-15-35(8)52(73(12)59(82)50(33(4)5)70-58(81)51(34(6)7)72(10)11)43(86-13)31-45(76)74-29-19-21-42(74)53(87-14)36(9)55(78)71-89(84,85)38-26-24-37(25-27-38)67-56(79)41(20-18-28-66-60(65)83)68-57(80)49(32(2)3)69-44(75)22-16-17-23-46(77)88-54-47(63)39(61)30-40(62)48(54)64/h24-27,30,32-36,41-43,49-53H,15-23,28-29,31H2,1-14H3,(H,67,79)(H,68,80)(H,69,75)(H,70,81)(H,71,78)(H3,65,66,83)/t35-,36+,41-,42-,43+,49-,50-,51-,52-,53+/m0/s1. The molecule has 9 amide bonds. The zero-order valence-corrected chi connectivity index (χ0v) is 54.2. The van der Waals surface area contributed by atoms with Gasteiger partial charge in [0, 0.05) is 59.0 Å². The van der Waals surface area contributed by atoms with Crippen LogP contribution in [-0.2, 0) is 57.9 Å². The van der Waals surface area contributed by atoms with Gasteiger partial charge in [-0.2, -0.15) is 8.78 Å². The molecule has 1 aliphatic heterocycles. The van der Waals surface area contributed by atoms with E-state index in [-0.39, 0.29) is 97.2 Å². The molecule has 29 heteroatoms. The quantitative estimate of drug-likeness (QED) is 0.0159. The maximum Gasteiger partial charge on any atom is 0.312 e. The first-order valence-corrected chi connectivity index (χ1v) is 31.3.